The number of nitrogens with one attached hydrogen (secondary N) is 2. The molecule has 0 aliphatic carbocycles. The average Bonchev–Trinajstić information content (AvgIpc) is 2.96. The summed E-state index contributed by atoms with van der Waals surface area (Å²) in [5, 5.41) is 14.6. The summed E-state index contributed by atoms with van der Waals surface area (Å²) < 4.78 is 5.04. The fourth-order valence-electron chi connectivity index (χ4n) is 2.00. The highest BCUT2D eigenvalue weighted by Gasteiger charge is 2.17. The van der Waals surface area contributed by atoms with Gasteiger partial charge in [-0.2, -0.15) is 0 Å². The second-order valence-corrected chi connectivity index (χ2v) is 4.35. The molecule has 0 spiro atoms. The summed E-state index contributed by atoms with van der Waals surface area (Å²) in [5.74, 6) is -0.831. The summed E-state index contributed by atoms with van der Waals surface area (Å²) in [6.45, 7) is 1.19. The van der Waals surface area contributed by atoms with E-state index in [2.05, 4.69) is 10.6 Å². The van der Waals surface area contributed by atoms with Gasteiger partial charge in [0.2, 0.25) is 11.7 Å². The SMILES string of the molecule is O=C(CC1CCCN1)NCc1ccc(C(=O)O)o1. The van der Waals surface area contributed by atoms with Crippen LogP contribution in [0.25, 0.3) is 0 Å². The first-order valence-corrected chi connectivity index (χ1v) is 5.97. The molecule has 1 fully saturated rings. The molecule has 1 aliphatic heterocycles. The number of furan rings is 1. The van der Waals surface area contributed by atoms with Gasteiger partial charge in [-0.1, -0.05) is 0 Å². The van der Waals surface area contributed by atoms with Crippen molar-refractivity contribution in [1.82, 2.24) is 10.6 Å². The minimum absolute atomic E-state index is 0.0531. The fraction of sp³-hybridized carbons (Fsp3) is 0.500. The number of aromatic carboxylic acids is 1. The molecule has 6 heteroatoms. The van der Waals surface area contributed by atoms with Gasteiger partial charge in [-0.3, -0.25) is 4.79 Å². The van der Waals surface area contributed by atoms with Crippen LogP contribution in [0.15, 0.2) is 16.5 Å². The number of carboxylic acid groups (broad SMARTS) is 1. The Morgan fingerprint density at radius 3 is 2.94 bits per heavy atom. The minimum atomic E-state index is -1.11. The molecule has 1 atom stereocenters. The van der Waals surface area contributed by atoms with Crippen molar-refractivity contribution in [2.24, 2.45) is 0 Å². The molecule has 0 saturated carbocycles. The first kappa shape index (κ1) is 12.6. The third-order valence-electron chi connectivity index (χ3n) is 2.93. The Hall–Kier alpha value is -1.82. The van der Waals surface area contributed by atoms with Crippen LogP contribution in [0.2, 0.25) is 0 Å². The van der Waals surface area contributed by atoms with Crippen molar-refractivity contribution in [3.63, 3.8) is 0 Å². The summed E-state index contributed by atoms with van der Waals surface area (Å²) in [6, 6.07) is 3.19. The second kappa shape index (κ2) is 5.68. The zero-order valence-electron chi connectivity index (χ0n) is 9.94. The van der Waals surface area contributed by atoms with Crippen molar-refractivity contribution in [2.45, 2.75) is 31.8 Å². The van der Waals surface area contributed by atoms with Crippen LogP contribution in [-0.4, -0.2) is 29.6 Å². The number of carbonyl (C=O) groups excluding carboxylic acids is 1. The lowest BCUT2D eigenvalue weighted by molar-refractivity contribution is -0.121. The van der Waals surface area contributed by atoms with Crippen LogP contribution in [0.4, 0.5) is 0 Å². The molecule has 0 radical (unpaired) electrons. The van der Waals surface area contributed by atoms with Crippen molar-refractivity contribution >= 4 is 11.9 Å². The van der Waals surface area contributed by atoms with Crippen LogP contribution in [0, 0.1) is 0 Å². The van der Waals surface area contributed by atoms with E-state index >= 15 is 0 Å². The molecule has 1 aromatic heterocycles. The van der Waals surface area contributed by atoms with Crippen LogP contribution in [0.3, 0.4) is 0 Å². The van der Waals surface area contributed by atoms with Crippen LogP contribution >= 0.6 is 0 Å². The molecule has 0 bridgehead atoms. The van der Waals surface area contributed by atoms with Crippen molar-refractivity contribution in [1.29, 1.82) is 0 Å². The highest BCUT2D eigenvalue weighted by atomic mass is 16.4. The van der Waals surface area contributed by atoms with Crippen molar-refractivity contribution in [2.75, 3.05) is 6.54 Å². The summed E-state index contributed by atoms with van der Waals surface area (Å²) in [6.07, 6.45) is 2.59. The quantitative estimate of drug-likeness (QED) is 0.718. The molecule has 0 aromatic carbocycles. The standard InChI is InChI=1S/C12H16N2O4/c15-11(6-8-2-1-5-13-8)14-7-9-3-4-10(18-9)12(16)17/h3-4,8,13H,1-2,5-7H2,(H,14,15)(H,16,17). The first-order chi connectivity index (χ1) is 8.65. The van der Waals surface area contributed by atoms with Gasteiger partial charge >= 0.3 is 5.97 Å². The van der Waals surface area contributed by atoms with Crippen molar-refractivity contribution < 1.29 is 19.1 Å². The van der Waals surface area contributed by atoms with Gasteiger partial charge in [0.15, 0.2) is 0 Å². The Morgan fingerprint density at radius 2 is 2.33 bits per heavy atom. The number of rotatable bonds is 5. The minimum Gasteiger partial charge on any atom is -0.475 e. The molecular weight excluding hydrogens is 236 g/mol. The molecule has 3 N–H and O–H groups in total. The highest BCUT2D eigenvalue weighted by Crippen LogP contribution is 2.10. The Balaban J connectivity index is 1.76. The summed E-state index contributed by atoms with van der Waals surface area (Å²) in [7, 11) is 0. The molecular formula is C12H16N2O4. The van der Waals surface area contributed by atoms with E-state index in [1.165, 1.54) is 6.07 Å². The molecule has 6 nitrogen and oxygen atoms in total. The number of carbonyl (C=O) groups is 2. The van der Waals surface area contributed by atoms with E-state index in [0.717, 1.165) is 19.4 Å². The number of amides is 1. The normalized spacial score (nSPS) is 18.8. The Kier molecular flexibility index (Phi) is 3.99. The van der Waals surface area contributed by atoms with E-state index in [9.17, 15) is 9.59 Å². The summed E-state index contributed by atoms with van der Waals surface area (Å²) >= 11 is 0. The van der Waals surface area contributed by atoms with E-state index < -0.39 is 5.97 Å². The predicted molar refractivity (Wildman–Crippen MR) is 63.2 cm³/mol. The summed E-state index contributed by atoms with van der Waals surface area (Å²) in [4.78, 5) is 22.2. The van der Waals surface area contributed by atoms with Crippen LogP contribution < -0.4 is 10.6 Å². The van der Waals surface area contributed by atoms with E-state index in [0.29, 0.717) is 12.2 Å². The molecule has 1 unspecified atom stereocenters. The Morgan fingerprint density at radius 1 is 1.50 bits per heavy atom. The zero-order valence-corrected chi connectivity index (χ0v) is 9.94. The lowest BCUT2D eigenvalue weighted by Crippen LogP contribution is -2.31. The second-order valence-electron chi connectivity index (χ2n) is 4.35. The van der Waals surface area contributed by atoms with Gasteiger partial charge in [0.05, 0.1) is 6.54 Å². The fourth-order valence-corrected chi connectivity index (χ4v) is 2.00. The zero-order chi connectivity index (χ0) is 13.0. The van der Waals surface area contributed by atoms with Gasteiger partial charge in [0, 0.05) is 12.5 Å². The topological polar surface area (TPSA) is 91.6 Å². The van der Waals surface area contributed by atoms with Gasteiger partial charge < -0.3 is 20.2 Å². The number of hydrogen-bond acceptors (Lipinski definition) is 4. The predicted octanol–water partition coefficient (Wildman–Crippen LogP) is 0.736. The van der Waals surface area contributed by atoms with Crippen LogP contribution in [-0.2, 0) is 11.3 Å². The number of carboxylic acids is 1. The largest absolute Gasteiger partial charge is 0.475 e. The molecule has 1 aliphatic rings. The molecule has 2 rings (SSSR count). The van der Waals surface area contributed by atoms with Gasteiger partial charge in [-0.15, -0.1) is 0 Å². The lowest BCUT2D eigenvalue weighted by atomic mass is 10.1. The number of hydrogen-bond donors (Lipinski definition) is 3. The van der Waals surface area contributed by atoms with Crippen LogP contribution in [0.5, 0.6) is 0 Å². The lowest BCUT2D eigenvalue weighted by Gasteiger charge is -2.09. The third kappa shape index (κ3) is 3.33. The van der Waals surface area contributed by atoms with E-state index in [-0.39, 0.29) is 24.3 Å². The maximum Gasteiger partial charge on any atom is 0.371 e. The monoisotopic (exact) mass is 252 g/mol. The Labute approximate surface area is 104 Å². The van der Waals surface area contributed by atoms with Crippen molar-refractivity contribution in [3.8, 4) is 0 Å². The van der Waals surface area contributed by atoms with Gasteiger partial charge in [-0.25, -0.2) is 4.79 Å². The highest BCUT2D eigenvalue weighted by molar-refractivity contribution is 5.84. The maximum atomic E-state index is 11.6. The van der Waals surface area contributed by atoms with E-state index in [1.807, 2.05) is 0 Å². The van der Waals surface area contributed by atoms with E-state index in [4.69, 9.17) is 9.52 Å². The molecule has 1 amide bonds. The van der Waals surface area contributed by atoms with Gasteiger partial charge in [-0.05, 0) is 31.5 Å². The van der Waals surface area contributed by atoms with E-state index in [1.54, 1.807) is 6.07 Å². The van der Waals surface area contributed by atoms with Gasteiger partial charge in [0.1, 0.15) is 5.76 Å². The average molecular weight is 252 g/mol. The summed E-state index contributed by atoms with van der Waals surface area (Å²) in [5.41, 5.74) is 0. The van der Waals surface area contributed by atoms with Crippen molar-refractivity contribution in [3.05, 3.63) is 23.7 Å². The smallest absolute Gasteiger partial charge is 0.371 e. The Bertz CT molecular complexity index is 435. The molecule has 1 saturated heterocycles. The first-order valence-electron chi connectivity index (χ1n) is 5.97. The van der Waals surface area contributed by atoms with Crippen LogP contribution in [0.1, 0.15) is 35.6 Å². The molecule has 98 valence electrons. The maximum absolute atomic E-state index is 11.6. The van der Waals surface area contributed by atoms with Gasteiger partial charge in [0.25, 0.3) is 0 Å². The molecule has 1 aromatic rings. The molecule has 2 heterocycles. The molecule has 18 heavy (non-hydrogen) atoms. The third-order valence-corrected chi connectivity index (χ3v) is 2.93.